The second-order valence-electron chi connectivity index (χ2n) is 6.65. The molecule has 1 aliphatic heterocycles. The van der Waals surface area contributed by atoms with Crippen molar-refractivity contribution in [3.05, 3.63) is 76.5 Å². The zero-order valence-corrected chi connectivity index (χ0v) is 15.8. The number of para-hydroxylation sites is 1. The highest BCUT2D eigenvalue weighted by molar-refractivity contribution is 6.07. The van der Waals surface area contributed by atoms with Crippen molar-refractivity contribution in [1.82, 2.24) is 10.6 Å². The van der Waals surface area contributed by atoms with E-state index in [9.17, 15) is 35.9 Å². The van der Waals surface area contributed by atoms with Crippen molar-refractivity contribution < 1.29 is 35.9 Å². The lowest BCUT2D eigenvalue weighted by atomic mass is 9.91. The van der Waals surface area contributed by atoms with Crippen LogP contribution in [-0.4, -0.2) is 11.9 Å². The number of hydrogen-bond acceptors (Lipinski definition) is 2. The summed E-state index contributed by atoms with van der Waals surface area (Å²) in [5.41, 5.74) is -3.64. The van der Waals surface area contributed by atoms with Gasteiger partial charge in [-0.3, -0.25) is 4.79 Å². The van der Waals surface area contributed by atoms with Crippen LogP contribution in [0.5, 0.6) is 0 Å². The quantitative estimate of drug-likeness (QED) is 0.585. The van der Waals surface area contributed by atoms with Gasteiger partial charge in [0.05, 0.1) is 28.4 Å². The van der Waals surface area contributed by atoms with Crippen molar-refractivity contribution in [2.45, 2.75) is 25.3 Å². The first-order chi connectivity index (χ1) is 14.4. The Balaban J connectivity index is 2.06. The molecule has 5 nitrogen and oxygen atoms in total. The van der Waals surface area contributed by atoms with Gasteiger partial charge in [-0.2, -0.15) is 26.3 Å². The van der Waals surface area contributed by atoms with Gasteiger partial charge in [-0.15, -0.1) is 0 Å². The van der Waals surface area contributed by atoms with E-state index < -0.39 is 52.7 Å². The summed E-state index contributed by atoms with van der Waals surface area (Å²) in [4.78, 5) is 24.8. The van der Waals surface area contributed by atoms with Gasteiger partial charge < -0.3 is 16.0 Å². The molecule has 0 radical (unpaired) electrons. The summed E-state index contributed by atoms with van der Waals surface area (Å²) in [6.45, 7) is 1.27. The SMILES string of the molecule is CC1=C(C(=O)Nc2ccccc2C(F)(F)F)C(c2ccccc2C(F)(F)F)NC(=O)N1. The first-order valence-corrected chi connectivity index (χ1v) is 8.81. The van der Waals surface area contributed by atoms with Crippen LogP contribution in [0.25, 0.3) is 0 Å². The first kappa shape index (κ1) is 22.2. The maximum absolute atomic E-state index is 13.5. The number of nitrogens with one attached hydrogen (secondary N) is 3. The highest BCUT2D eigenvalue weighted by Crippen LogP contribution is 2.39. The third-order valence-corrected chi connectivity index (χ3v) is 4.57. The molecule has 0 saturated heterocycles. The van der Waals surface area contributed by atoms with Crippen LogP contribution in [0, 0.1) is 0 Å². The molecule has 0 spiro atoms. The van der Waals surface area contributed by atoms with E-state index in [0.29, 0.717) is 0 Å². The highest BCUT2D eigenvalue weighted by atomic mass is 19.4. The summed E-state index contributed by atoms with van der Waals surface area (Å²) < 4.78 is 80.2. The minimum absolute atomic E-state index is 0.0901. The van der Waals surface area contributed by atoms with Crippen LogP contribution in [0.3, 0.4) is 0 Å². The van der Waals surface area contributed by atoms with Crippen molar-refractivity contribution in [3.63, 3.8) is 0 Å². The van der Waals surface area contributed by atoms with Crippen LogP contribution in [0.2, 0.25) is 0 Å². The topological polar surface area (TPSA) is 70.2 Å². The summed E-state index contributed by atoms with van der Waals surface area (Å²) in [6, 6.07) is 6.09. The van der Waals surface area contributed by atoms with Gasteiger partial charge in [-0.05, 0) is 30.7 Å². The van der Waals surface area contributed by atoms with Gasteiger partial charge in [0, 0.05) is 5.70 Å². The molecule has 1 aliphatic rings. The van der Waals surface area contributed by atoms with E-state index in [1.807, 2.05) is 0 Å². The average Bonchev–Trinajstić information content (AvgIpc) is 2.66. The van der Waals surface area contributed by atoms with Crippen molar-refractivity contribution >= 4 is 17.6 Å². The number of benzene rings is 2. The molecule has 1 heterocycles. The first-order valence-electron chi connectivity index (χ1n) is 8.81. The predicted molar refractivity (Wildman–Crippen MR) is 98.6 cm³/mol. The second kappa shape index (κ2) is 7.97. The Kier molecular flexibility index (Phi) is 5.70. The van der Waals surface area contributed by atoms with Crippen LogP contribution in [0.15, 0.2) is 59.8 Å². The summed E-state index contributed by atoms with van der Waals surface area (Å²) in [6.07, 6.45) is -9.56. The van der Waals surface area contributed by atoms with Gasteiger partial charge in [-0.25, -0.2) is 4.79 Å². The van der Waals surface area contributed by atoms with Crippen LogP contribution in [0.4, 0.5) is 36.8 Å². The van der Waals surface area contributed by atoms with Gasteiger partial charge in [0.15, 0.2) is 0 Å². The molecule has 0 fully saturated rings. The molecule has 1 unspecified atom stereocenters. The normalized spacial score (nSPS) is 17.1. The monoisotopic (exact) mass is 443 g/mol. The molecule has 3 N–H and O–H groups in total. The summed E-state index contributed by atoms with van der Waals surface area (Å²) in [5, 5.41) is 6.61. The Morgan fingerprint density at radius 2 is 1.45 bits per heavy atom. The number of alkyl halides is 6. The van der Waals surface area contributed by atoms with E-state index in [1.165, 1.54) is 19.1 Å². The van der Waals surface area contributed by atoms with Crippen molar-refractivity contribution in [1.29, 1.82) is 0 Å². The maximum Gasteiger partial charge on any atom is 0.418 e. The molecule has 1 atom stereocenters. The minimum atomic E-state index is -4.79. The lowest BCUT2D eigenvalue weighted by Crippen LogP contribution is -2.46. The lowest BCUT2D eigenvalue weighted by molar-refractivity contribution is -0.139. The Hall–Kier alpha value is -3.50. The highest BCUT2D eigenvalue weighted by Gasteiger charge is 2.40. The van der Waals surface area contributed by atoms with Crippen molar-refractivity contribution in [2.75, 3.05) is 5.32 Å². The number of rotatable bonds is 3. The number of urea groups is 1. The smallest absolute Gasteiger partial charge is 0.327 e. The fourth-order valence-electron chi connectivity index (χ4n) is 3.26. The number of amides is 3. The van der Waals surface area contributed by atoms with Crippen molar-refractivity contribution in [2.24, 2.45) is 0 Å². The average molecular weight is 443 g/mol. The van der Waals surface area contributed by atoms with Gasteiger partial charge in [0.1, 0.15) is 0 Å². The minimum Gasteiger partial charge on any atom is -0.327 e. The lowest BCUT2D eigenvalue weighted by Gasteiger charge is -2.30. The molecule has 0 aromatic heterocycles. The number of hydrogen-bond donors (Lipinski definition) is 3. The molecule has 3 rings (SSSR count). The second-order valence-corrected chi connectivity index (χ2v) is 6.65. The van der Waals surface area contributed by atoms with E-state index in [2.05, 4.69) is 16.0 Å². The molecule has 2 aromatic carbocycles. The Bertz CT molecular complexity index is 1060. The van der Waals surface area contributed by atoms with Crippen LogP contribution < -0.4 is 16.0 Å². The number of allylic oxidation sites excluding steroid dienone is 1. The zero-order chi connectivity index (χ0) is 23.0. The largest absolute Gasteiger partial charge is 0.418 e. The summed E-state index contributed by atoms with van der Waals surface area (Å²) in [5.74, 6) is -1.09. The zero-order valence-electron chi connectivity index (χ0n) is 15.8. The van der Waals surface area contributed by atoms with Gasteiger partial charge >= 0.3 is 18.4 Å². The fourth-order valence-corrected chi connectivity index (χ4v) is 3.26. The number of halogens is 6. The Morgan fingerprint density at radius 1 is 0.903 bits per heavy atom. The van der Waals surface area contributed by atoms with Crippen LogP contribution in [-0.2, 0) is 17.1 Å². The maximum atomic E-state index is 13.5. The van der Waals surface area contributed by atoms with E-state index in [-0.39, 0.29) is 11.3 Å². The molecule has 0 bridgehead atoms. The molecule has 164 valence electrons. The molecular weight excluding hydrogens is 428 g/mol. The molecule has 2 aromatic rings. The van der Waals surface area contributed by atoms with Crippen LogP contribution >= 0.6 is 0 Å². The summed E-state index contributed by atoms with van der Waals surface area (Å²) >= 11 is 0. The van der Waals surface area contributed by atoms with E-state index in [0.717, 1.165) is 36.4 Å². The standard InChI is InChI=1S/C20H15F6N3O2/c1-10-15(17(30)28-14-9-5-4-8-13(14)20(24,25)26)16(29-18(31)27-10)11-6-2-3-7-12(11)19(21,22)23/h2-9,16H,1H3,(H,28,30)(H2,27,29,31). The number of carbonyl (C=O) groups is 2. The number of carbonyl (C=O) groups excluding carboxylic acids is 2. The van der Waals surface area contributed by atoms with Gasteiger partial charge in [0.2, 0.25) is 0 Å². The van der Waals surface area contributed by atoms with Crippen LogP contribution in [0.1, 0.15) is 29.7 Å². The molecule has 3 amide bonds. The van der Waals surface area contributed by atoms with Gasteiger partial charge in [-0.1, -0.05) is 30.3 Å². The third-order valence-electron chi connectivity index (χ3n) is 4.57. The van der Waals surface area contributed by atoms with E-state index >= 15 is 0 Å². The number of anilines is 1. The fraction of sp³-hybridized carbons (Fsp3) is 0.200. The Morgan fingerprint density at radius 3 is 2.06 bits per heavy atom. The van der Waals surface area contributed by atoms with Crippen molar-refractivity contribution in [3.8, 4) is 0 Å². The molecular formula is C20H15F6N3O2. The summed E-state index contributed by atoms with van der Waals surface area (Å²) in [7, 11) is 0. The van der Waals surface area contributed by atoms with Gasteiger partial charge in [0.25, 0.3) is 5.91 Å². The molecule has 0 aliphatic carbocycles. The molecule has 31 heavy (non-hydrogen) atoms. The van der Waals surface area contributed by atoms with E-state index in [4.69, 9.17) is 0 Å². The molecule has 0 saturated carbocycles. The molecule has 11 heteroatoms. The van der Waals surface area contributed by atoms with E-state index in [1.54, 1.807) is 0 Å². The predicted octanol–water partition coefficient (Wildman–Crippen LogP) is 4.99. The Labute approximate surface area is 172 Å². The third kappa shape index (κ3) is 4.65.